The van der Waals surface area contributed by atoms with E-state index in [1.807, 2.05) is 0 Å². The van der Waals surface area contributed by atoms with Crippen molar-refractivity contribution in [2.24, 2.45) is 11.8 Å². The summed E-state index contributed by atoms with van der Waals surface area (Å²) in [6, 6.07) is 6.41. The van der Waals surface area contributed by atoms with E-state index in [9.17, 15) is 0 Å². The van der Waals surface area contributed by atoms with Crippen molar-refractivity contribution in [2.45, 2.75) is 38.7 Å². The van der Waals surface area contributed by atoms with Gasteiger partial charge in [0.1, 0.15) is 5.75 Å². The summed E-state index contributed by atoms with van der Waals surface area (Å²) < 4.78 is 11.2. The fourth-order valence-corrected chi connectivity index (χ4v) is 3.47. The third-order valence-electron chi connectivity index (χ3n) is 4.60. The molecule has 0 spiro atoms. The van der Waals surface area contributed by atoms with Crippen LogP contribution in [0.25, 0.3) is 0 Å². The zero-order valence-electron chi connectivity index (χ0n) is 11.3. The van der Waals surface area contributed by atoms with Crippen LogP contribution in [0.3, 0.4) is 0 Å². The Hall–Kier alpha value is -1.02. The number of hydrogen-bond donors (Lipinski definition) is 0. The lowest BCUT2D eigenvalue weighted by Crippen LogP contribution is -2.47. The predicted octanol–water partition coefficient (Wildman–Crippen LogP) is 3.36. The molecule has 2 nitrogen and oxygen atoms in total. The summed E-state index contributed by atoms with van der Waals surface area (Å²) in [7, 11) is 1.72. The quantitative estimate of drug-likeness (QED) is 0.814. The number of ether oxygens (including phenoxy) is 2. The number of rotatable bonds is 3. The van der Waals surface area contributed by atoms with Crippen molar-refractivity contribution in [3.63, 3.8) is 0 Å². The molecule has 2 fully saturated rings. The van der Waals surface area contributed by atoms with Crippen molar-refractivity contribution >= 4 is 0 Å². The van der Waals surface area contributed by atoms with Gasteiger partial charge in [-0.2, -0.15) is 0 Å². The van der Waals surface area contributed by atoms with E-state index >= 15 is 0 Å². The van der Waals surface area contributed by atoms with Crippen LogP contribution in [0, 0.1) is 18.8 Å². The molecule has 0 N–H and O–H groups in total. The number of aryl methyl sites for hydroxylation is 1. The zero-order valence-corrected chi connectivity index (χ0v) is 11.3. The molecule has 1 saturated carbocycles. The van der Waals surface area contributed by atoms with Crippen LogP contribution in [0.15, 0.2) is 18.2 Å². The van der Waals surface area contributed by atoms with Gasteiger partial charge in [-0.05, 0) is 67.7 Å². The molecule has 1 aliphatic carbocycles. The Bertz CT molecular complexity index is 427. The second-order valence-electron chi connectivity index (χ2n) is 5.73. The highest BCUT2D eigenvalue weighted by molar-refractivity contribution is 5.35. The Labute approximate surface area is 109 Å². The third kappa shape index (κ3) is 2.14. The zero-order chi connectivity index (χ0) is 12.5. The lowest BCUT2D eigenvalue weighted by Gasteiger charge is -2.47. The lowest BCUT2D eigenvalue weighted by molar-refractivity contribution is -0.126. The van der Waals surface area contributed by atoms with Crippen LogP contribution in [0.1, 0.15) is 30.4 Å². The van der Waals surface area contributed by atoms with Crippen molar-refractivity contribution in [3.05, 3.63) is 29.3 Å². The van der Waals surface area contributed by atoms with Crippen LogP contribution < -0.4 is 4.74 Å². The van der Waals surface area contributed by atoms with Crippen LogP contribution in [0.4, 0.5) is 0 Å². The van der Waals surface area contributed by atoms with Gasteiger partial charge in [0.2, 0.25) is 0 Å². The second-order valence-corrected chi connectivity index (χ2v) is 5.73. The van der Waals surface area contributed by atoms with Crippen LogP contribution in [0.2, 0.25) is 0 Å². The smallest absolute Gasteiger partial charge is 0.119 e. The molecule has 2 heteroatoms. The Morgan fingerprint density at radius 2 is 2.28 bits per heavy atom. The van der Waals surface area contributed by atoms with Crippen molar-refractivity contribution in [1.82, 2.24) is 0 Å². The maximum atomic E-state index is 5.92. The standard InChI is InChI=1S/C16H22O2/c1-11-8-15(17-2)6-5-12(11)9-14-10-13-4-3-7-18-16(13)14/h5-6,8,13-14,16H,3-4,7,9-10H2,1-2H3/t13-,14+,16-/m1/s1. The number of fused-ring (bicyclic) bond motifs is 1. The van der Waals surface area contributed by atoms with Gasteiger partial charge >= 0.3 is 0 Å². The van der Waals surface area contributed by atoms with Crippen molar-refractivity contribution in [1.29, 1.82) is 0 Å². The van der Waals surface area contributed by atoms with Gasteiger partial charge in [0.25, 0.3) is 0 Å². The lowest BCUT2D eigenvalue weighted by atomic mass is 9.66. The largest absolute Gasteiger partial charge is 0.497 e. The first kappa shape index (κ1) is 12.0. The minimum atomic E-state index is 0.542. The first-order valence-corrected chi connectivity index (χ1v) is 7.03. The fraction of sp³-hybridized carbons (Fsp3) is 0.625. The molecule has 0 unspecified atom stereocenters. The molecule has 18 heavy (non-hydrogen) atoms. The SMILES string of the molecule is COc1ccc(C[C@H]2C[C@H]3CCCO[C@H]32)c(C)c1. The van der Waals surface area contributed by atoms with E-state index in [1.54, 1.807) is 7.11 Å². The van der Waals surface area contributed by atoms with Gasteiger partial charge in [-0.15, -0.1) is 0 Å². The molecule has 1 aromatic rings. The van der Waals surface area contributed by atoms with Gasteiger partial charge in [-0.25, -0.2) is 0 Å². The highest BCUT2D eigenvalue weighted by atomic mass is 16.5. The maximum Gasteiger partial charge on any atom is 0.119 e. The minimum absolute atomic E-state index is 0.542. The molecule has 0 aromatic heterocycles. The third-order valence-corrected chi connectivity index (χ3v) is 4.60. The molecule has 3 atom stereocenters. The first-order chi connectivity index (χ1) is 8.78. The Morgan fingerprint density at radius 3 is 3.00 bits per heavy atom. The molecule has 1 saturated heterocycles. The Kier molecular flexibility index (Phi) is 3.29. The van der Waals surface area contributed by atoms with Crippen LogP contribution in [-0.2, 0) is 11.2 Å². The summed E-state index contributed by atoms with van der Waals surface area (Å²) in [6.45, 7) is 3.15. The number of benzene rings is 1. The molecule has 0 bridgehead atoms. The molecule has 0 amide bonds. The molecule has 1 heterocycles. The molecule has 0 radical (unpaired) electrons. The van der Waals surface area contributed by atoms with Gasteiger partial charge in [-0.1, -0.05) is 6.07 Å². The summed E-state index contributed by atoms with van der Waals surface area (Å²) in [4.78, 5) is 0. The highest BCUT2D eigenvalue weighted by Crippen LogP contribution is 2.44. The molecule has 2 aliphatic rings. The summed E-state index contributed by atoms with van der Waals surface area (Å²) in [5.74, 6) is 2.54. The maximum absolute atomic E-state index is 5.92. The van der Waals surface area contributed by atoms with Gasteiger partial charge in [0, 0.05) is 6.61 Å². The molecular formula is C16H22O2. The topological polar surface area (TPSA) is 18.5 Å². The van der Waals surface area contributed by atoms with Crippen molar-refractivity contribution in [3.8, 4) is 5.75 Å². The van der Waals surface area contributed by atoms with E-state index in [2.05, 4.69) is 25.1 Å². The normalized spacial score (nSPS) is 30.4. The summed E-state index contributed by atoms with van der Waals surface area (Å²) in [6.07, 6.45) is 5.70. The Morgan fingerprint density at radius 1 is 1.39 bits per heavy atom. The van der Waals surface area contributed by atoms with E-state index in [0.29, 0.717) is 6.10 Å². The van der Waals surface area contributed by atoms with E-state index in [-0.39, 0.29) is 0 Å². The van der Waals surface area contributed by atoms with E-state index < -0.39 is 0 Å². The summed E-state index contributed by atoms with van der Waals surface area (Å²) >= 11 is 0. The minimum Gasteiger partial charge on any atom is -0.497 e. The van der Waals surface area contributed by atoms with E-state index in [1.165, 1.54) is 30.4 Å². The van der Waals surface area contributed by atoms with Gasteiger partial charge < -0.3 is 9.47 Å². The molecule has 1 aromatic carbocycles. The number of methoxy groups -OCH3 is 1. The average Bonchev–Trinajstić information content (AvgIpc) is 2.37. The molecule has 3 rings (SSSR count). The molecular weight excluding hydrogens is 224 g/mol. The Balaban J connectivity index is 1.66. The van der Waals surface area contributed by atoms with Gasteiger partial charge in [0.05, 0.1) is 13.2 Å². The van der Waals surface area contributed by atoms with E-state index in [4.69, 9.17) is 9.47 Å². The van der Waals surface area contributed by atoms with E-state index in [0.717, 1.165) is 30.6 Å². The van der Waals surface area contributed by atoms with Crippen LogP contribution in [-0.4, -0.2) is 19.8 Å². The van der Waals surface area contributed by atoms with Gasteiger partial charge in [-0.3, -0.25) is 0 Å². The monoisotopic (exact) mass is 246 g/mol. The summed E-state index contributed by atoms with van der Waals surface area (Å²) in [5.41, 5.74) is 2.79. The first-order valence-electron chi connectivity index (χ1n) is 7.03. The predicted molar refractivity (Wildman–Crippen MR) is 72.0 cm³/mol. The molecule has 1 aliphatic heterocycles. The summed E-state index contributed by atoms with van der Waals surface area (Å²) in [5, 5.41) is 0. The van der Waals surface area contributed by atoms with Crippen molar-refractivity contribution in [2.75, 3.05) is 13.7 Å². The van der Waals surface area contributed by atoms with Crippen molar-refractivity contribution < 1.29 is 9.47 Å². The van der Waals surface area contributed by atoms with Crippen LogP contribution >= 0.6 is 0 Å². The fourth-order valence-electron chi connectivity index (χ4n) is 3.47. The van der Waals surface area contributed by atoms with Crippen LogP contribution in [0.5, 0.6) is 5.75 Å². The highest BCUT2D eigenvalue weighted by Gasteiger charge is 2.43. The molecule has 98 valence electrons. The number of hydrogen-bond acceptors (Lipinski definition) is 2. The van der Waals surface area contributed by atoms with Gasteiger partial charge in [0.15, 0.2) is 0 Å². The average molecular weight is 246 g/mol. The second kappa shape index (κ2) is 4.93.